The number of para-hydroxylation sites is 2. The molecule has 0 fully saturated rings. The summed E-state index contributed by atoms with van der Waals surface area (Å²) in [6, 6.07) is 64.2. The fraction of sp³-hybridized carbons (Fsp3) is 0. The molecular weight excluding hydrogens is 821 g/mol. The lowest BCUT2D eigenvalue weighted by atomic mass is 10.1. The summed E-state index contributed by atoms with van der Waals surface area (Å²) in [6.07, 6.45) is 0. The first-order valence-electron chi connectivity index (χ1n) is 20.8. The van der Waals surface area contributed by atoms with E-state index in [0.717, 1.165) is 50.0 Å². The monoisotopic (exact) mass is 856 g/mol. The summed E-state index contributed by atoms with van der Waals surface area (Å²) < 4.78 is 0. The highest BCUT2D eigenvalue weighted by atomic mass is 15.3. The van der Waals surface area contributed by atoms with E-state index in [1.807, 2.05) is 138 Å². The van der Waals surface area contributed by atoms with Crippen molar-refractivity contribution in [1.29, 1.82) is 10.5 Å². The van der Waals surface area contributed by atoms with Gasteiger partial charge in [0.1, 0.15) is 0 Å². The summed E-state index contributed by atoms with van der Waals surface area (Å²) in [5.41, 5.74) is 6.40. The van der Waals surface area contributed by atoms with Gasteiger partial charge < -0.3 is 26.6 Å². The Bertz CT molecular complexity index is 3420. The third-order valence-electron chi connectivity index (χ3n) is 10.4. The van der Waals surface area contributed by atoms with Gasteiger partial charge in [0, 0.05) is 50.6 Å². The Kier molecular flexibility index (Phi) is 11.1. The molecule has 0 spiro atoms. The van der Waals surface area contributed by atoms with Crippen LogP contribution in [0.25, 0.3) is 21.5 Å². The summed E-state index contributed by atoms with van der Waals surface area (Å²) in [5.74, 6) is 1.89. The van der Waals surface area contributed by atoms with Gasteiger partial charge in [0.05, 0.1) is 23.3 Å². The van der Waals surface area contributed by atoms with Crippen LogP contribution in [0.3, 0.4) is 0 Å². The first-order chi connectivity index (χ1) is 32.5. The van der Waals surface area contributed by atoms with Crippen molar-refractivity contribution in [3.8, 4) is 12.1 Å². The fourth-order valence-electron chi connectivity index (χ4n) is 7.34. The summed E-state index contributed by atoms with van der Waals surface area (Å²) in [7, 11) is 0. The molecule has 0 saturated heterocycles. The quantitative estimate of drug-likeness (QED) is 0.0736. The van der Waals surface area contributed by atoms with E-state index in [0.29, 0.717) is 52.2 Å². The van der Waals surface area contributed by atoms with Crippen LogP contribution < -0.4 is 31.5 Å². The molecule has 10 aromatic rings. The van der Waals surface area contributed by atoms with Crippen LogP contribution in [-0.4, -0.2) is 29.9 Å². The van der Waals surface area contributed by atoms with Crippen molar-refractivity contribution < 1.29 is 0 Å². The molecule has 8 aromatic carbocycles. The molecule has 0 unspecified atom stereocenters. The Morgan fingerprint density at radius 1 is 0.348 bits per heavy atom. The molecule has 0 atom stereocenters. The van der Waals surface area contributed by atoms with Gasteiger partial charge in [0.25, 0.3) is 0 Å². The zero-order valence-electron chi connectivity index (χ0n) is 34.9. The van der Waals surface area contributed by atoms with Crippen LogP contribution in [0.4, 0.5) is 75.5 Å². The number of hydrogen-bond acceptors (Lipinski definition) is 14. The molecule has 314 valence electrons. The fourth-order valence-corrected chi connectivity index (χ4v) is 7.34. The summed E-state index contributed by atoms with van der Waals surface area (Å²) in [6.45, 7) is 0. The Morgan fingerprint density at radius 3 is 1.33 bits per heavy atom. The number of fused-ring (bicyclic) bond motifs is 2. The molecule has 0 aliphatic carbocycles. The van der Waals surface area contributed by atoms with Crippen molar-refractivity contribution in [2.24, 2.45) is 0 Å². The van der Waals surface area contributed by atoms with Gasteiger partial charge >= 0.3 is 0 Å². The van der Waals surface area contributed by atoms with E-state index in [2.05, 4.69) is 56.9 Å². The van der Waals surface area contributed by atoms with E-state index < -0.39 is 0 Å². The summed E-state index contributed by atoms with van der Waals surface area (Å²) in [4.78, 5) is 30.9. The minimum atomic E-state index is 0.266. The molecule has 14 nitrogen and oxygen atoms in total. The second-order valence-electron chi connectivity index (χ2n) is 14.9. The zero-order chi connectivity index (χ0) is 44.7. The van der Waals surface area contributed by atoms with E-state index in [1.54, 1.807) is 36.4 Å². The van der Waals surface area contributed by atoms with Gasteiger partial charge in [-0.3, -0.25) is 4.90 Å². The average Bonchev–Trinajstić information content (AvgIpc) is 3.35. The molecule has 0 radical (unpaired) electrons. The van der Waals surface area contributed by atoms with Crippen LogP contribution in [0.15, 0.2) is 188 Å². The first-order valence-corrected chi connectivity index (χ1v) is 20.8. The summed E-state index contributed by atoms with van der Waals surface area (Å²) in [5, 5.41) is 39.8. The van der Waals surface area contributed by atoms with Gasteiger partial charge in [-0.1, -0.05) is 91.0 Å². The van der Waals surface area contributed by atoms with Gasteiger partial charge in [-0.25, -0.2) is 0 Å². The third kappa shape index (κ3) is 9.00. The molecule has 5 N–H and O–H groups in total. The molecule has 66 heavy (non-hydrogen) atoms. The zero-order valence-corrected chi connectivity index (χ0v) is 34.9. The van der Waals surface area contributed by atoms with Gasteiger partial charge in [0.2, 0.25) is 35.7 Å². The largest absolute Gasteiger partial charge is 0.324 e. The van der Waals surface area contributed by atoms with Gasteiger partial charge in [-0.2, -0.15) is 40.4 Å². The number of nitrogens with zero attached hydrogens (tertiary/aromatic N) is 9. The van der Waals surface area contributed by atoms with E-state index in [-0.39, 0.29) is 5.95 Å². The van der Waals surface area contributed by atoms with Crippen LogP contribution >= 0.6 is 0 Å². The van der Waals surface area contributed by atoms with E-state index in [9.17, 15) is 10.5 Å². The SMILES string of the molecule is N#Cc1ccc(Nc2nc(Nc3ccccc3)nc(N(c3ccc(C#N)cc3)c3ccc4c(Nc5nc(Nc6ccccc6)nc(Nc6cccc7ccccc67)n5)cccc4c3)n2)cc1. The molecule has 14 heteroatoms. The lowest BCUT2D eigenvalue weighted by molar-refractivity contribution is 1.02. The maximum atomic E-state index is 9.68. The first kappa shape index (κ1) is 40.2. The van der Waals surface area contributed by atoms with Crippen molar-refractivity contribution >= 4 is 97.0 Å². The third-order valence-corrected chi connectivity index (χ3v) is 10.4. The second-order valence-corrected chi connectivity index (χ2v) is 14.9. The lowest BCUT2D eigenvalue weighted by Crippen LogP contribution is -2.16. The van der Waals surface area contributed by atoms with E-state index in [4.69, 9.17) is 29.9 Å². The van der Waals surface area contributed by atoms with E-state index in [1.165, 1.54) is 0 Å². The Labute approximate surface area is 379 Å². The molecule has 2 heterocycles. The highest BCUT2D eigenvalue weighted by molar-refractivity contribution is 5.98. The molecule has 2 aromatic heterocycles. The second kappa shape index (κ2) is 18.2. The molecule has 0 bridgehead atoms. The number of benzene rings is 8. The van der Waals surface area contributed by atoms with Crippen molar-refractivity contribution in [3.05, 3.63) is 199 Å². The lowest BCUT2D eigenvalue weighted by Gasteiger charge is -2.24. The number of anilines is 13. The van der Waals surface area contributed by atoms with Crippen molar-refractivity contribution in [1.82, 2.24) is 29.9 Å². The van der Waals surface area contributed by atoms with Crippen molar-refractivity contribution in [3.63, 3.8) is 0 Å². The smallest absolute Gasteiger partial charge is 0.241 e. The Balaban J connectivity index is 1.04. The van der Waals surface area contributed by atoms with Gasteiger partial charge in [-0.15, -0.1) is 0 Å². The maximum absolute atomic E-state index is 9.68. The number of nitriles is 2. The Hall–Kier alpha value is -9.92. The molecule has 0 aliphatic rings. The predicted octanol–water partition coefficient (Wildman–Crippen LogP) is 12.3. The molecule has 0 saturated carbocycles. The number of aromatic nitrogens is 6. The minimum Gasteiger partial charge on any atom is -0.324 e. The topological polar surface area (TPSA) is 188 Å². The van der Waals surface area contributed by atoms with Crippen LogP contribution in [-0.2, 0) is 0 Å². The van der Waals surface area contributed by atoms with Crippen molar-refractivity contribution in [2.45, 2.75) is 0 Å². The highest BCUT2D eigenvalue weighted by Crippen LogP contribution is 2.38. The van der Waals surface area contributed by atoms with Crippen LogP contribution in [0.1, 0.15) is 11.1 Å². The van der Waals surface area contributed by atoms with Gasteiger partial charge in [-0.05, 0) is 108 Å². The minimum absolute atomic E-state index is 0.266. The number of nitrogens with one attached hydrogen (secondary N) is 5. The van der Waals surface area contributed by atoms with Crippen LogP contribution in [0.5, 0.6) is 0 Å². The predicted molar refractivity (Wildman–Crippen MR) is 261 cm³/mol. The summed E-state index contributed by atoms with van der Waals surface area (Å²) >= 11 is 0. The van der Waals surface area contributed by atoms with Crippen LogP contribution in [0, 0.1) is 22.7 Å². The highest BCUT2D eigenvalue weighted by Gasteiger charge is 2.20. The molecule has 10 rings (SSSR count). The van der Waals surface area contributed by atoms with Gasteiger partial charge in [0.15, 0.2) is 0 Å². The van der Waals surface area contributed by atoms with E-state index >= 15 is 0 Å². The molecule has 0 amide bonds. The average molecular weight is 857 g/mol. The van der Waals surface area contributed by atoms with Crippen molar-refractivity contribution in [2.75, 3.05) is 31.5 Å². The number of hydrogen-bond donors (Lipinski definition) is 5. The molecule has 0 aliphatic heterocycles. The maximum Gasteiger partial charge on any atom is 0.241 e. The van der Waals surface area contributed by atoms with Crippen LogP contribution in [0.2, 0.25) is 0 Å². The number of rotatable bonds is 13. The Morgan fingerprint density at radius 2 is 0.773 bits per heavy atom. The standard InChI is InChI=1S/C52H36N14/c53-32-34-21-25-40(26-22-34)57-49-62-48(56-39-16-5-2-6-17-39)64-52(65-49)66(41-27-23-35(33-54)24-28-41)42-29-30-44-37(31-42)13-10-20-46(44)59-51-61-47(55-38-14-3-1-4-15-38)60-50(63-51)58-45-19-9-12-36-11-7-8-18-43(36)45/h1-31H,(H2,56,57,62,64,65)(H3,55,58,59,60,61,63). The normalized spacial score (nSPS) is 10.7. The molecular formula is C52H36N14.